The second-order valence-electron chi connectivity index (χ2n) is 6.94. The molecule has 0 bridgehead atoms. The Kier molecular flexibility index (Phi) is 5.80. The summed E-state index contributed by atoms with van der Waals surface area (Å²) in [5.74, 6) is 1.54. The zero-order valence-corrected chi connectivity index (χ0v) is 17.9. The molecule has 2 aromatic carbocycles. The van der Waals surface area contributed by atoms with E-state index in [0.717, 1.165) is 5.56 Å². The highest BCUT2D eigenvalue weighted by Crippen LogP contribution is 2.31. The first kappa shape index (κ1) is 21.0. The van der Waals surface area contributed by atoms with Crippen molar-refractivity contribution >= 4 is 17.1 Å². The minimum Gasteiger partial charge on any atom is -0.497 e. The van der Waals surface area contributed by atoms with E-state index in [2.05, 4.69) is 10.4 Å². The second kappa shape index (κ2) is 8.84. The van der Waals surface area contributed by atoms with Gasteiger partial charge in [-0.2, -0.15) is 5.10 Å². The lowest BCUT2D eigenvalue weighted by atomic mass is 10.1. The molecule has 0 aliphatic rings. The first-order valence-corrected chi connectivity index (χ1v) is 9.77. The quantitative estimate of drug-likeness (QED) is 0.481. The average Bonchev–Trinajstić information content (AvgIpc) is 3.26. The van der Waals surface area contributed by atoms with Crippen LogP contribution >= 0.6 is 0 Å². The van der Waals surface area contributed by atoms with Gasteiger partial charge in [0, 0.05) is 23.6 Å². The molecule has 0 unspecified atom stereocenters. The highest BCUT2D eigenvalue weighted by molar-refractivity contribution is 5.90. The molecule has 164 valence electrons. The van der Waals surface area contributed by atoms with Gasteiger partial charge in [0.1, 0.15) is 17.8 Å². The first-order valence-electron chi connectivity index (χ1n) is 9.77. The number of carbonyl (C=O) groups is 1. The predicted molar refractivity (Wildman–Crippen MR) is 120 cm³/mol. The van der Waals surface area contributed by atoms with Crippen LogP contribution in [0.4, 0.5) is 5.69 Å². The number of fused-ring (bicyclic) bond motifs is 1. The fourth-order valence-electron chi connectivity index (χ4n) is 3.32. The van der Waals surface area contributed by atoms with Gasteiger partial charge >= 0.3 is 0 Å². The Morgan fingerprint density at radius 3 is 2.38 bits per heavy atom. The van der Waals surface area contributed by atoms with Gasteiger partial charge in [-0.25, -0.2) is 4.52 Å². The molecule has 2 aromatic heterocycles. The van der Waals surface area contributed by atoms with Crippen LogP contribution in [-0.2, 0) is 11.3 Å². The Bertz CT molecular complexity index is 1320. The number of aromatic nitrogens is 3. The Balaban J connectivity index is 1.57. The van der Waals surface area contributed by atoms with Crippen LogP contribution in [0, 0.1) is 0 Å². The fraction of sp³-hybridized carbons (Fsp3) is 0.174. The summed E-state index contributed by atoms with van der Waals surface area (Å²) in [6.45, 7) is -0.127. The topological polar surface area (TPSA) is 96.1 Å². The summed E-state index contributed by atoms with van der Waals surface area (Å²) in [4.78, 5) is 25.4. The van der Waals surface area contributed by atoms with Crippen LogP contribution in [-0.4, -0.2) is 41.4 Å². The van der Waals surface area contributed by atoms with Gasteiger partial charge in [-0.15, -0.1) is 0 Å². The van der Waals surface area contributed by atoms with Crippen molar-refractivity contribution in [3.05, 3.63) is 71.3 Å². The fourth-order valence-corrected chi connectivity index (χ4v) is 3.32. The third-order valence-corrected chi connectivity index (χ3v) is 4.97. The first-order chi connectivity index (χ1) is 15.5. The van der Waals surface area contributed by atoms with E-state index in [1.54, 1.807) is 70.0 Å². The molecule has 0 fully saturated rings. The summed E-state index contributed by atoms with van der Waals surface area (Å²) in [5, 5.41) is 7.24. The molecule has 32 heavy (non-hydrogen) atoms. The third-order valence-electron chi connectivity index (χ3n) is 4.97. The van der Waals surface area contributed by atoms with E-state index in [-0.39, 0.29) is 18.0 Å². The lowest BCUT2D eigenvalue weighted by Gasteiger charge is -2.08. The number of ether oxygens (including phenoxy) is 3. The molecule has 0 radical (unpaired) electrons. The molecule has 0 spiro atoms. The van der Waals surface area contributed by atoms with Crippen molar-refractivity contribution in [2.45, 2.75) is 6.54 Å². The number of rotatable bonds is 7. The SMILES string of the molecule is COc1ccc(NC(=O)Cn2ccn3nc(-c4ccc(OC)c(OC)c4)cc3c2=O)cc1. The Hall–Kier alpha value is -4.27. The van der Waals surface area contributed by atoms with Crippen LogP contribution in [0.3, 0.4) is 0 Å². The summed E-state index contributed by atoms with van der Waals surface area (Å²) < 4.78 is 18.5. The van der Waals surface area contributed by atoms with E-state index < -0.39 is 0 Å². The van der Waals surface area contributed by atoms with Crippen LogP contribution < -0.4 is 25.1 Å². The van der Waals surface area contributed by atoms with Gasteiger partial charge in [0.2, 0.25) is 5.91 Å². The Morgan fingerprint density at radius 2 is 1.69 bits per heavy atom. The number of methoxy groups -OCH3 is 3. The molecule has 0 aliphatic heterocycles. The largest absolute Gasteiger partial charge is 0.497 e. The molecule has 2 heterocycles. The number of hydrogen-bond acceptors (Lipinski definition) is 6. The molecule has 9 heteroatoms. The van der Waals surface area contributed by atoms with Gasteiger partial charge in [-0.05, 0) is 48.5 Å². The van der Waals surface area contributed by atoms with Crippen LogP contribution in [0.2, 0.25) is 0 Å². The van der Waals surface area contributed by atoms with E-state index in [1.807, 2.05) is 6.07 Å². The minimum absolute atomic E-state index is 0.127. The average molecular weight is 434 g/mol. The number of hydrogen-bond donors (Lipinski definition) is 1. The summed E-state index contributed by atoms with van der Waals surface area (Å²) in [5.41, 5.74) is 2.02. The van der Waals surface area contributed by atoms with Crippen molar-refractivity contribution in [3.8, 4) is 28.5 Å². The van der Waals surface area contributed by atoms with Gasteiger partial charge in [0.15, 0.2) is 11.5 Å². The molecule has 0 aliphatic carbocycles. The van der Waals surface area contributed by atoms with E-state index in [4.69, 9.17) is 14.2 Å². The van der Waals surface area contributed by atoms with E-state index in [0.29, 0.717) is 34.1 Å². The van der Waals surface area contributed by atoms with Crippen LogP contribution in [0.1, 0.15) is 0 Å². The maximum Gasteiger partial charge on any atom is 0.277 e. The lowest BCUT2D eigenvalue weighted by molar-refractivity contribution is -0.116. The molecule has 4 aromatic rings. The van der Waals surface area contributed by atoms with Crippen LogP contribution in [0.25, 0.3) is 16.8 Å². The lowest BCUT2D eigenvalue weighted by Crippen LogP contribution is -2.28. The number of nitrogens with zero attached hydrogens (tertiary/aromatic N) is 3. The van der Waals surface area contributed by atoms with Gasteiger partial charge in [-0.1, -0.05) is 0 Å². The van der Waals surface area contributed by atoms with Crippen LogP contribution in [0.5, 0.6) is 17.2 Å². The minimum atomic E-state index is -0.323. The number of anilines is 1. The number of benzene rings is 2. The van der Waals surface area contributed by atoms with Crippen molar-refractivity contribution in [2.24, 2.45) is 0 Å². The number of carbonyl (C=O) groups excluding carboxylic acids is 1. The summed E-state index contributed by atoms with van der Waals surface area (Å²) in [6.07, 6.45) is 3.18. The molecular formula is C23H22N4O5. The zero-order valence-electron chi connectivity index (χ0n) is 17.9. The van der Waals surface area contributed by atoms with Crippen molar-refractivity contribution in [1.29, 1.82) is 0 Å². The van der Waals surface area contributed by atoms with Crippen molar-refractivity contribution in [3.63, 3.8) is 0 Å². The molecule has 9 nitrogen and oxygen atoms in total. The van der Waals surface area contributed by atoms with Gasteiger partial charge in [-0.3, -0.25) is 9.59 Å². The standard InChI is InChI=1S/C23H22N4O5/c1-30-17-7-5-16(6-8-17)24-22(28)14-26-10-11-27-19(23(26)29)13-18(25-27)15-4-9-20(31-2)21(12-15)32-3/h4-13H,14H2,1-3H3,(H,24,28). The third kappa shape index (κ3) is 4.13. The maximum atomic E-state index is 12.9. The summed E-state index contributed by atoms with van der Waals surface area (Å²) in [7, 11) is 4.69. The molecule has 4 rings (SSSR count). The molecule has 1 amide bonds. The van der Waals surface area contributed by atoms with Gasteiger partial charge in [0.05, 0.1) is 27.0 Å². The summed E-state index contributed by atoms with van der Waals surface area (Å²) in [6, 6.07) is 14.0. The maximum absolute atomic E-state index is 12.9. The number of amides is 1. The number of nitrogens with one attached hydrogen (secondary N) is 1. The van der Waals surface area contributed by atoms with Gasteiger partial charge in [0.25, 0.3) is 5.56 Å². The van der Waals surface area contributed by atoms with Crippen LogP contribution in [0.15, 0.2) is 65.7 Å². The van der Waals surface area contributed by atoms with E-state index >= 15 is 0 Å². The Morgan fingerprint density at radius 1 is 0.938 bits per heavy atom. The molecule has 0 atom stereocenters. The second-order valence-corrected chi connectivity index (χ2v) is 6.94. The molecule has 0 saturated heterocycles. The smallest absolute Gasteiger partial charge is 0.277 e. The highest BCUT2D eigenvalue weighted by Gasteiger charge is 2.13. The van der Waals surface area contributed by atoms with Crippen molar-refractivity contribution in [2.75, 3.05) is 26.6 Å². The Labute approximate surface area is 183 Å². The monoisotopic (exact) mass is 434 g/mol. The van der Waals surface area contributed by atoms with Gasteiger partial charge < -0.3 is 24.1 Å². The highest BCUT2D eigenvalue weighted by atomic mass is 16.5. The molecule has 0 saturated carbocycles. The molecule has 1 N–H and O–H groups in total. The predicted octanol–water partition coefficient (Wildman–Crippen LogP) is 2.83. The van der Waals surface area contributed by atoms with Crippen molar-refractivity contribution < 1.29 is 19.0 Å². The van der Waals surface area contributed by atoms with E-state index in [1.165, 1.54) is 15.3 Å². The summed E-state index contributed by atoms with van der Waals surface area (Å²) >= 11 is 0. The van der Waals surface area contributed by atoms with E-state index in [9.17, 15) is 9.59 Å². The zero-order chi connectivity index (χ0) is 22.7. The molecular weight excluding hydrogens is 412 g/mol. The van der Waals surface area contributed by atoms with Crippen molar-refractivity contribution in [1.82, 2.24) is 14.2 Å². The normalized spacial score (nSPS) is 10.7.